The molecule has 0 saturated heterocycles. The monoisotopic (exact) mass is 342 g/mol. The third kappa shape index (κ3) is 4.18. The number of aryl methyl sites for hydroxylation is 3. The van der Waals surface area contributed by atoms with Gasteiger partial charge in [0.05, 0.1) is 19.8 Å². The molecule has 2 aromatic carbocycles. The third-order valence-electron chi connectivity index (χ3n) is 4.09. The molecule has 0 spiro atoms. The van der Waals surface area contributed by atoms with Gasteiger partial charge in [0.1, 0.15) is 0 Å². The van der Waals surface area contributed by atoms with Crippen molar-refractivity contribution in [3.05, 3.63) is 58.1 Å². The molecule has 0 amide bonds. The number of benzene rings is 2. The lowest BCUT2D eigenvalue weighted by Gasteiger charge is -2.11. The van der Waals surface area contributed by atoms with Crippen molar-refractivity contribution in [3.8, 4) is 11.5 Å². The molecule has 0 aliphatic heterocycles. The van der Waals surface area contributed by atoms with Crippen LogP contribution in [0.3, 0.4) is 0 Å². The molecule has 0 N–H and O–H groups in total. The summed E-state index contributed by atoms with van der Waals surface area (Å²) in [6.07, 6.45) is 0. The van der Waals surface area contributed by atoms with Gasteiger partial charge in [-0.05, 0) is 61.7 Å². The number of esters is 1. The average Bonchev–Trinajstić information content (AvgIpc) is 2.61. The summed E-state index contributed by atoms with van der Waals surface area (Å²) in [4.78, 5) is 24.5. The summed E-state index contributed by atoms with van der Waals surface area (Å²) in [6, 6.07) is 8.49. The molecule has 0 aromatic heterocycles. The molecule has 0 unspecified atom stereocenters. The number of ether oxygens (including phenoxy) is 3. The first-order valence-corrected chi connectivity index (χ1v) is 7.87. The number of Topliss-reactive ketones (excluding diaryl/α,β-unsaturated/α-hetero) is 1. The van der Waals surface area contributed by atoms with Gasteiger partial charge in [0.2, 0.25) is 5.78 Å². The van der Waals surface area contributed by atoms with Crippen molar-refractivity contribution >= 4 is 11.8 Å². The van der Waals surface area contributed by atoms with Crippen molar-refractivity contribution in [3.63, 3.8) is 0 Å². The molecule has 0 fully saturated rings. The Labute approximate surface area is 147 Å². The van der Waals surface area contributed by atoms with E-state index >= 15 is 0 Å². The van der Waals surface area contributed by atoms with Gasteiger partial charge in [-0.3, -0.25) is 4.79 Å². The third-order valence-corrected chi connectivity index (χ3v) is 4.09. The van der Waals surface area contributed by atoms with Crippen molar-refractivity contribution < 1.29 is 23.8 Å². The standard InChI is InChI=1S/C20H22O5/c1-12-8-14(3)16(9-13(12)2)17(21)11-25-20(22)15-6-7-18(23-4)19(10-15)24-5/h6-10H,11H2,1-5H3. The average molecular weight is 342 g/mol. The minimum atomic E-state index is -0.587. The first-order valence-electron chi connectivity index (χ1n) is 7.87. The highest BCUT2D eigenvalue weighted by Crippen LogP contribution is 2.27. The smallest absolute Gasteiger partial charge is 0.338 e. The largest absolute Gasteiger partial charge is 0.493 e. The second kappa shape index (κ2) is 7.83. The van der Waals surface area contributed by atoms with Crippen LogP contribution in [-0.4, -0.2) is 32.6 Å². The Kier molecular flexibility index (Phi) is 5.80. The maximum atomic E-state index is 12.4. The van der Waals surface area contributed by atoms with Gasteiger partial charge in [-0.15, -0.1) is 0 Å². The lowest BCUT2D eigenvalue weighted by molar-refractivity contribution is 0.0474. The zero-order valence-corrected chi connectivity index (χ0v) is 15.1. The van der Waals surface area contributed by atoms with Gasteiger partial charge in [-0.25, -0.2) is 4.79 Å². The quantitative estimate of drug-likeness (QED) is 0.592. The van der Waals surface area contributed by atoms with Crippen molar-refractivity contribution in [2.75, 3.05) is 20.8 Å². The zero-order valence-electron chi connectivity index (χ0n) is 15.1. The Balaban J connectivity index is 2.09. The maximum absolute atomic E-state index is 12.4. The topological polar surface area (TPSA) is 61.8 Å². The van der Waals surface area contributed by atoms with Crippen LogP contribution < -0.4 is 9.47 Å². The number of hydrogen-bond donors (Lipinski definition) is 0. The number of ketones is 1. The van der Waals surface area contributed by atoms with Gasteiger partial charge in [0, 0.05) is 5.56 Å². The second-order valence-corrected chi connectivity index (χ2v) is 5.82. The number of rotatable bonds is 6. The first-order chi connectivity index (χ1) is 11.9. The molecule has 2 aromatic rings. The van der Waals surface area contributed by atoms with E-state index in [0.717, 1.165) is 16.7 Å². The fourth-order valence-corrected chi connectivity index (χ4v) is 2.52. The number of methoxy groups -OCH3 is 2. The Hall–Kier alpha value is -2.82. The minimum absolute atomic E-state index is 0.227. The van der Waals surface area contributed by atoms with Gasteiger partial charge in [-0.2, -0.15) is 0 Å². The van der Waals surface area contributed by atoms with E-state index in [4.69, 9.17) is 14.2 Å². The van der Waals surface area contributed by atoms with Crippen LogP contribution in [0.1, 0.15) is 37.4 Å². The van der Waals surface area contributed by atoms with E-state index in [1.165, 1.54) is 20.3 Å². The fraction of sp³-hybridized carbons (Fsp3) is 0.300. The highest BCUT2D eigenvalue weighted by Gasteiger charge is 2.16. The van der Waals surface area contributed by atoms with Crippen LogP contribution in [0, 0.1) is 20.8 Å². The molecule has 5 nitrogen and oxygen atoms in total. The molecule has 0 bridgehead atoms. The molecular weight excluding hydrogens is 320 g/mol. The van der Waals surface area contributed by atoms with Gasteiger partial charge >= 0.3 is 5.97 Å². The van der Waals surface area contributed by atoms with E-state index in [2.05, 4.69) is 0 Å². The molecule has 0 saturated carbocycles. The Morgan fingerprint density at radius 1 is 0.840 bits per heavy atom. The number of hydrogen-bond acceptors (Lipinski definition) is 5. The lowest BCUT2D eigenvalue weighted by Crippen LogP contribution is -2.15. The summed E-state index contributed by atoms with van der Waals surface area (Å²) in [5.41, 5.74) is 3.89. The van der Waals surface area contributed by atoms with Crippen LogP contribution >= 0.6 is 0 Å². The predicted octanol–water partition coefficient (Wildman–Crippen LogP) is 3.67. The first kappa shape index (κ1) is 18.5. The fourth-order valence-electron chi connectivity index (χ4n) is 2.52. The molecule has 0 atom stereocenters. The van der Waals surface area contributed by atoms with Gasteiger partial charge in [-0.1, -0.05) is 6.07 Å². The van der Waals surface area contributed by atoms with Crippen molar-refractivity contribution in [1.82, 2.24) is 0 Å². The van der Waals surface area contributed by atoms with E-state index in [0.29, 0.717) is 22.6 Å². The molecule has 25 heavy (non-hydrogen) atoms. The van der Waals surface area contributed by atoms with E-state index in [9.17, 15) is 9.59 Å². The molecule has 2 rings (SSSR count). The zero-order chi connectivity index (χ0) is 18.6. The number of carbonyl (C=O) groups is 2. The molecule has 132 valence electrons. The van der Waals surface area contributed by atoms with E-state index in [1.807, 2.05) is 32.9 Å². The lowest BCUT2D eigenvalue weighted by atomic mass is 9.98. The van der Waals surface area contributed by atoms with E-state index in [1.54, 1.807) is 12.1 Å². The summed E-state index contributed by atoms with van der Waals surface area (Å²) < 4.78 is 15.4. The molecule has 5 heteroatoms. The SMILES string of the molecule is COc1ccc(C(=O)OCC(=O)c2cc(C)c(C)cc2C)cc1OC. The molecule has 0 heterocycles. The summed E-state index contributed by atoms with van der Waals surface area (Å²) in [5.74, 6) is 0.124. The van der Waals surface area contributed by atoms with Crippen LogP contribution in [0.5, 0.6) is 11.5 Å². The highest BCUT2D eigenvalue weighted by atomic mass is 16.5. The highest BCUT2D eigenvalue weighted by molar-refractivity contribution is 6.00. The van der Waals surface area contributed by atoms with Gasteiger partial charge < -0.3 is 14.2 Å². The molecule has 0 aliphatic carbocycles. The van der Waals surface area contributed by atoms with Crippen LogP contribution in [0.2, 0.25) is 0 Å². The second-order valence-electron chi connectivity index (χ2n) is 5.82. The molecular formula is C20H22O5. The molecule has 0 radical (unpaired) electrons. The van der Waals surface area contributed by atoms with Crippen molar-refractivity contribution in [1.29, 1.82) is 0 Å². The summed E-state index contributed by atoms with van der Waals surface area (Å²) >= 11 is 0. The van der Waals surface area contributed by atoms with Crippen LogP contribution in [-0.2, 0) is 4.74 Å². The Morgan fingerprint density at radius 3 is 2.12 bits per heavy atom. The Bertz CT molecular complexity index is 808. The summed E-state index contributed by atoms with van der Waals surface area (Å²) in [7, 11) is 3.00. The maximum Gasteiger partial charge on any atom is 0.338 e. The van der Waals surface area contributed by atoms with Crippen LogP contribution in [0.25, 0.3) is 0 Å². The number of carbonyl (C=O) groups excluding carboxylic acids is 2. The predicted molar refractivity (Wildman–Crippen MR) is 94.8 cm³/mol. The van der Waals surface area contributed by atoms with Crippen LogP contribution in [0.4, 0.5) is 0 Å². The van der Waals surface area contributed by atoms with Gasteiger partial charge in [0.15, 0.2) is 18.1 Å². The van der Waals surface area contributed by atoms with Crippen LogP contribution in [0.15, 0.2) is 30.3 Å². The van der Waals surface area contributed by atoms with Crippen molar-refractivity contribution in [2.45, 2.75) is 20.8 Å². The summed E-state index contributed by atoms with van der Waals surface area (Å²) in [6.45, 7) is 5.50. The normalized spacial score (nSPS) is 10.3. The van der Waals surface area contributed by atoms with E-state index in [-0.39, 0.29) is 12.4 Å². The van der Waals surface area contributed by atoms with Crippen molar-refractivity contribution in [2.24, 2.45) is 0 Å². The summed E-state index contributed by atoms with van der Waals surface area (Å²) in [5, 5.41) is 0. The van der Waals surface area contributed by atoms with E-state index < -0.39 is 5.97 Å². The van der Waals surface area contributed by atoms with Gasteiger partial charge in [0.25, 0.3) is 0 Å². The Morgan fingerprint density at radius 2 is 1.48 bits per heavy atom. The minimum Gasteiger partial charge on any atom is -0.493 e. The molecule has 0 aliphatic rings.